The Bertz CT molecular complexity index is 197. The predicted molar refractivity (Wildman–Crippen MR) is 65.0 cm³/mol. The maximum atomic E-state index is 3.41. The van der Waals surface area contributed by atoms with Gasteiger partial charge in [-0.15, -0.1) is 0 Å². The van der Waals surface area contributed by atoms with Gasteiger partial charge in [0.15, 0.2) is 0 Å². The van der Waals surface area contributed by atoms with Gasteiger partial charge in [0.2, 0.25) is 0 Å². The monoisotopic (exact) mass is 210 g/mol. The standard InChI is InChI=1S/C13H26N2/c1-14-10-12-6-9-15(2)11-13(12)7-4-3-5-8-13/h12,14H,3-11H2,1-2H3. The molecule has 0 aromatic rings. The highest BCUT2D eigenvalue weighted by atomic mass is 15.1. The van der Waals surface area contributed by atoms with Crippen LogP contribution in [-0.2, 0) is 0 Å². The van der Waals surface area contributed by atoms with Crippen molar-refractivity contribution in [2.24, 2.45) is 11.3 Å². The first kappa shape index (κ1) is 11.4. The fourth-order valence-corrected chi connectivity index (χ4v) is 3.82. The van der Waals surface area contributed by atoms with Crippen LogP contribution in [0.2, 0.25) is 0 Å². The molecule has 2 heteroatoms. The van der Waals surface area contributed by atoms with Crippen LogP contribution in [0.5, 0.6) is 0 Å². The summed E-state index contributed by atoms with van der Waals surface area (Å²) in [4.78, 5) is 2.55. The van der Waals surface area contributed by atoms with Gasteiger partial charge in [0, 0.05) is 6.54 Å². The van der Waals surface area contributed by atoms with Crippen LogP contribution in [0.15, 0.2) is 0 Å². The highest BCUT2D eigenvalue weighted by Gasteiger charge is 2.42. The quantitative estimate of drug-likeness (QED) is 0.751. The highest BCUT2D eigenvalue weighted by molar-refractivity contribution is 4.95. The molecule has 1 saturated carbocycles. The van der Waals surface area contributed by atoms with Gasteiger partial charge in [0.25, 0.3) is 0 Å². The lowest BCUT2D eigenvalue weighted by molar-refractivity contribution is 0.00812. The van der Waals surface area contributed by atoms with Crippen molar-refractivity contribution < 1.29 is 0 Å². The summed E-state index contributed by atoms with van der Waals surface area (Å²) < 4.78 is 0. The molecule has 2 nitrogen and oxygen atoms in total. The van der Waals surface area contributed by atoms with Crippen LogP contribution in [0.1, 0.15) is 38.5 Å². The lowest BCUT2D eigenvalue weighted by Crippen LogP contribution is -2.50. The van der Waals surface area contributed by atoms with Crippen molar-refractivity contribution in [2.45, 2.75) is 38.5 Å². The van der Waals surface area contributed by atoms with E-state index >= 15 is 0 Å². The van der Waals surface area contributed by atoms with Gasteiger partial charge in [-0.05, 0) is 57.8 Å². The molecule has 2 rings (SSSR count). The Morgan fingerprint density at radius 1 is 1.27 bits per heavy atom. The molecule has 0 aromatic heterocycles. The summed E-state index contributed by atoms with van der Waals surface area (Å²) in [6, 6.07) is 0. The third-order valence-electron chi connectivity index (χ3n) is 4.61. The minimum absolute atomic E-state index is 0.661. The SMILES string of the molecule is CNCC1CCN(C)CC12CCCCC2. The van der Waals surface area contributed by atoms with Gasteiger partial charge in [-0.2, -0.15) is 0 Å². The summed E-state index contributed by atoms with van der Waals surface area (Å²) >= 11 is 0. The number of nitrogens with zero attached hydrogens (tertiary/aromatic N) is 1. The van der Waals surface area contributed by atoms with E-state index in [-0.39, 0.29) is 0 Å². The Kier molecular flexibility index (Phi) is 3.68. The van der Waals surface area contributed by atoms with Crippen molar-refractivity contribution in [3.8, 4) is 0 Å². The Hall–Kier alpha value is -0.0800. The molecule has 0 radical (unpaired) electrons. The van der Waals surface area contributed by atoms with Gasteiger partial charge in [-0.1, -0.05) is 19.3 Å². The van der Waals surface area contributed by atoms with Crippen molar-refractivity contribution in [2.75, 3.05) is 33.7 Å². The first-order chi connectivity index (χ1) is 7.27. The Labute approximate surface area is 94.4 Å². The van der Waals surface area contributed by atoms with Gasteiger partial charge in [-0.25, -0.2) is 0 Å². The van der Waals surface area contributed by atoms with Crippen LogP contribution < -0.4 is 5.32 Å². The van der Waals surface area contributed by atoms with Crippen molar-refractivity contribution in [1.82, 2.24) is 10.2 Å². The first-order valence-corrected chi connectivity index (χ1v) is 6.60. The number of rotatable bonds is 2. The summed E-state index contributed by atoms with van der Waals surface area (Å²) in [6.07, 6.45) is 8.75. The maximum absolute atomic E-state index is 3.41. The van der Waals surface area contributed by atoms with Gasteiger partial charge >= 0.3 is 0 Å². The Balaban J connectivity index is 2.06. The smallest absolute Gasteiger partial charge is 0.00381 e. The molecule has 1 heterocycles. The van der Waals surface area contributed by atoms with Crippen LogP contribution in [0, 0.1) is 11.3 Å². The van der Waals surface area contributed by atoms with Gasteiger partial charge in [0.05, 0.1) is 0 Å². The average molecular weight is 210 g/mol. The maximum Gasteiger partial charge on any atom is 0.00381 e. The molecule has 1 N–H and O–H groups in total. The van der Waals surface area contributed by atoms with Crippen LogP contribution in [-0.4, -0.2) is 38.6 Å². The van der Waals surface area contributed by atoms with E-state index in [2.05, 4.69) is 24.3 Å². The highest BCUT2D eigenvalue weighted by Crippen LogP contribution is 2.46. The molecule has 0 bridgehead atoms. The van der Waals surface area contributed by atoms with E-state index in [0.717, 1.165) is 5.92 Å². The molecule has 1 aliphatic heterocycles. The predicted octanol–water partition coefficient (Wildman–Crippen LogP) is 2.11. The van der Waals surface area contributed by atoms with Gasteiger partial charge in [-0.3, -0.25) is 0 Å². The molecular formula is C13H26N2. The second kappa shape index (κ2) is 4.84. The van der Waals surface area contributed by atoms with Gasteiger partial charge < -0.3 is 10.2 Å². The van der Waals surface area contributed by atoms with E-state index in [0.29, 0.717) is 5.41 Å². The topological polar surface area (TPSA) is 15.3 Å². The zero-order valence-electron chi connectivity index (χ0n) is 10.4. The number of hydrogen-bond acceptors (Lipinski definition) is 2. The minimum Gasteiger partial charge on any atom is -0.319 e. The second-order valence-corrected chi connectivity index (χ2v) is 5.70. The van der Waals surface area contributed by atoms with E-state index in [1.54, 1.807) is 0 Å². The molecule has 0 aromatic carbocycles. The molecule has 1 atom stereocenters. The largest absolute Gasteiger partial charge is 0.319 e. The first-order valence-electron chi connectivity index (χ1n) is 6.60. The molecule has 1 spiro atoms. The van der Waals surface area contributed by atoms with Crippen LogP contribution in [0.3, 0.4) is 0 Å². The molecule has 2 fully saturated rings. The molecule has 1 saturated heterocycles. The third-order valence-corrected chi connectivity index (χ3v) is 4.61. The molecule has 15 heavy (non-hydrogen) atoms. The third kappa shape index (κ3) is 2.36. The van der Waals surface area contributed by atoms with Crippen molar-refractivity contribution in [1.29, 1.82) is 0 Å². The summed E-state index contributed by atoms with van der Waals surface area (Å²) in [5.74, 6) is 0.930. The minimum atomic E-state index is 0.661. The van der Waals surface area contributed by atoms with E-state index in [9.17, 15) is 0 Å². The van der Waals surface area contributed by atoms with Crippen molar-refractivity contribution in [3.05, 3.63) is 0 Å². The van der Waals surface area contributed by atoms with Crippen LogP contribution in [0.4, 0.5) is 0 Å². The summed E-state index contributed by atoms with van der Waals surface area (Å²) in [6.45, 7) is 3.88. The van der Waals surface area contributed by atoms with Crippen LogP contribution >= 0.6 is 0 Å². The Morgan fingerprint density at radius 3 is 2.67 bits per heavy atom. The fraction of sp³-hybridized carbons (Fsp3) is 1.00. The summed E-state index contributed by atoms with van der Waals surface area (Å²) in [5, 5.41) is 3.41. The number of hydrogen-bond donors (Lipinski definition) is 1. The summed E-state index contributed by atoms with van der Waals surface area (Å²) in [5.41, 5.74) is 0.661. The lowest BCUT2D eigenvalue weighted by atomic mass is 9.63. The molecule has 0 amide bonds. The zero-order valence-corrected chi connectivity index (χ0v) is 10.4. The number of nitrogens with one attached hydrogen (secondary N) is 1. The Morgan fingerprint density at radius 2 is 2.00 bits per heavy atom. The van der Waals surface area contributed by atoms with Crippen molar-refractivity contribution in [3.63, 3.8) is 0 Å². The van der Waals surface area contributed by atoms with E-state index in [1.165, 1.54) is 58.2 Å². The average Bonchev–Trinajstić information content (AvgIpc) is 2.24. The molecule has 1 aliphatic carbocycles. The van der Waals surface area contributed by atoms with E-state index in [4.69, 9.17) is 0 Å². The fourth-order valence-electron chi connectivity index (χ4n) is 3.82. The summed E-state index contributed by atoms with van der Waals surface area (Å²) in [7, 11) is 4.40. The number of piperidine rings is 1. The number of likely N-dealkylation sites (tertiary alicyclic amines) is 1. The molecule has 88 valence electrons. The van der Waals surface area contributed by atoms with Crippen LogP contribution in [0.25, 0.3) is 0 Å². The molecular weight excluding hydrogens is 184 g/mol. The van der Waals surface area contributed by atoms with E-state index < -0.39 is 0 Å². The normalized spacial score (nSPS) is 32.0. The molecule has 1 unspecified atom stereocenters. The van der Waals surface area contributed by atoms with E-state index in [1.807, 2.05) is 0 Å². The zero-order chi connectivity index (χ0) is 10.7. The van der Waals surface area contributed by atoms with Gasteiger partial charge in [0.1, 0.15) is 0 Å². The molecule has 2 aliphatic rings. The lowest BCUT2D eigenvalue weighted by Gasteiger charge is -2.50. The second-order valence-electron chi connectivity index (χ2n) is 5.70. The van der Waals surface area contributed by atoms with Crippen molar-refractivity contribution >= 4 is 0 Å².